The number of aromatic nitrogens is 2. The van der Waals surface area contributed by atoms with Crippen LogP contribution in [0.2, 0.25) is 5.02 Å². The molecule has 1 N–H and O–H groups in total. The molecule has 9 heteroatoms. The number of carbonyl (C=O) groups is 2. The fourth-order valence-electron chi connectivity index (χ4n) is 3.25. The lowest BCUT2D eigenvalue weighted by molar-refractivity contribution is -0.122. The largest absolute Gasteiger partial charge is 0.497 e. The number of amides is 2. The molecule has 2 amide bonds. The van der Waals surface area contributed by atoms with Gasteiger partial charge in [0.15, 0.2) is 0 Å². The van der Waals surface area contributed by atoms with Gasteiger partial charge in [-0.25, -0.2) is 0 Å². The number of ether oxygens (including phenoxy) is 1. The molecule has 0 saturated carbocycles. The van der Waals surface area contributed by atoms with Crippen molar-refractivity contribution in [3.63, 3.8) is 0 Å². The van der Waals surface area contributed by atoms with E-state index < -0.39 is 5.92 Å². The Morgan fingerprint density at radius 3 is 2.63 bits per heavy atom. The van der Waals surface area contributed by atoms with Crippen LogP contribution in [0.3, 0.4) is 0 Å². The van der Waals surface area contributed by atoms with E-state index in [-0.39, 0.29) is 18.2 Å². The molecule has 0 radical (unpaired) electrons. The van der Waals surface area contributed by atoms with E-state index in [1.54, 1.807) is 24.1 Å². The molecule has 3 aromatic rings. The maximum Gasteiger partial charge on any atom is 0.231 e. The van der Waals surface area contributed by atoms with Crippen molar-refractivity contribution in [2.45, 2.75) is 12.8 Å². The van der Waals surface area contributed by atoms with Crippen LogP contribution in [-0.4, -0.2) is 35.7 Å². The number of methoxy groups -OCH3 is 1. The van der Waals surface area contributed by atoms with Crippen molar-refractivity contribution in [1.29, 1.82) is 0 Å². The Bertz CT molecular complexity index is 1050. The Kier molecular flexibility index (Phi) is 5.96. The topological polar surface area (TPSA) is 84.4 Å². The standard InChI is InChI=1S/C21H19ClN4O3S/c1-29-17-8-6-16(7-9-17)26-12-14(11-19(26)27)20(28)23-21-25-24-18(30-21)10-13-2-4-15(22)5-3-13/h2-9,14H,10-12H2,1H3,(H,23,25,28)/t14-/m1/s1. The fourth-order valence-corrected chi connectivity index (χ4v) is 4.16. The Labute approximate surface area is 182 Å². The summed E-state index contributed by atoms with van der Waals surface area (Å²) < 4.78 is 5.14. The van der Waals surface area contributed by atoms with Gasteiger partial charge in [0.2, 0.25) is 16.9 Å². The van der Waals surface area contributed by atoms with E-state index in [1.807, 2.05) is 36.4 Å². The lowest BCUT2D eigenvalue weighted by Gasteiger charge is -2.16. The Morgan fingerprint density at radius 2 is 1.93 bits per heavy atom. The highest BCUT2D eigenvalue weighted by atomic mass is 35.5. The number of rotatable bonds is 6. The quantitative estimate of drug-likeness (QED) is 0.628. The number of nitrogens with one attached hydrogen (secondary N) is 1. The number of hydrogen-bond acceptors (Lipinski definition) is 6. The van der Waals surface area contributed by atoms with Crippen LogP contribution in [-0.2, 0) is 16.0 Å². The van der Waals surface area contributed by atoms with Crippen LogP contribution in [0.25, 0.3) is 0 Å². The van der Waals surface area contributed by atoms with E-state index in [0.29, 0.717) is 28.9 Å². The van der Waals surface area contributed by atoms with Crippen LogP contribution in [0.1, 0.15) is 17.0 Å². The summed E-state index contributed by atoms with van der Waals surface area (Å²) >= 11 is 7.23. The molecule has 7 nitrogen and oxygen atoms in total. The van der Waals surface area contributed by atoms with E-state index in [0.717, 1.165) is 16.3 Å². The monoisotopic (exact) mass is 442 g/mol. The molecular formula is C21H19ClN4O3S. The van der Waals surface area contributed by atoms with Gasteiger partial charge in [0.25, 0.3) is 0 Å². The van der Waals surface area contributed by atoms with Gasteiger partial charge >= 0.3 is 0 Å². The molecule has 2 heterocycles. The summed E-state index contributed by atoms with van der Waals surface area (Å²) in [7, 11) is 1.59. The van der Waals surface area contributed by atoms with E-state index in [9.17, 15) is 9.59 Å². The minimum Gasteiger partial charge on any atom is -0.497 e. The Hall–Kier alpha value is -2.97. The van der Waals surface area contributed by atoms with Crippen LogP contribution in [0.15, 0.2) is 48.5 Å². The molecule has 0 spiro atoms. The minimum atomic E-state index is -0.441. The van der Waals surface area contributed by atoms with Gasteiger partial charge in [-0.15, -0.1) is 10.2 Å². The van der Waals surface area contributed by atoms with Gasteiger partial charge in [0, 0.05) is 30.1 Å². The van der Waals surface area contributed by atoms with Crippen LogP contribution in [0.5, 0.6) is 5.75 Å². The maximum atomic E-state index is 12.7. The Morgan fingerprint density at radius 1 is 1.20 bits per heavy atom. The zero-order valence-electron chi connectivity index (χ0n) is 16.2. The zero-order valence-corrected chi connectivity index (χ0v) is 17.7. The number of hydrogen-bond donors (Lipinski definition) is 1. The molecule has 154 valence electrons. The molecule has 2 aromatic carbocycles. The number of anilines is 2. The summed E-state index contributed by atoms with van der Waals surface area (Å²) in [5.41, 5.74) is 1.81. The van der Waals surface area contributed by atoms with Crippen LogP contribution in [0.4, 0.5) is 10.8 Å². The summed E-state index contributed by atoms with van der Waals surface area (Å²) in [5, 5.41) is 12.9. The highest BCUT2D eigenvalue weighted by Crippen LogP contribution is 2.28. The molecule has 1 aliphatic rings. The van der Waals surface area contributed by atoms with Crippen molar-refractivity contribution in [3.05, 3.63) is 64.1 Å². The molecule has 1 aliphatic heterocycles. The van der Waals surface area contributed by atoms with Gasteiger partial charge in [-0.3, -0.25) is 9.59 Å². The molecule has 1 fully saturated rings. The average Bonchev–Trinajstić information content (AvgIpc) is 3.36. The number of halogens is 1. The highest BCUT2D eigenvalue weighted by molar-refractivity contribution is 7.15. The first-order valence-corrected chi connectivity index (χ1v) is 10.5. The van der Waals surface area contributed by atoms with E-state index >= 15 is 0 Å². The van der Waals surface area contributed by atoms with Gasteiger partial charge < -0.3 is 15.0 Å². The smallest absolute Gasteiger partial charge is 0.231 e. The lowest BCUT2D eigenvalue weighted by Crippen LogP contribution is -2.28. The van der Waals surface area contributed by atoms with E-state index in [2.05, 4.69) is 15.5 Å². The third kappa shape index (κ3) is 4.60. The van der Waals surface area contributed by atoms with E-state index in [1.165, 1.54) is 11.3 Å². The average molecular weight is 443 g/mol. The second kappa shape index (κ2) is 8.81. The predicted octanol–water partition coefficient (Wildman–Crippen LogP) is 3.78. The second-order valence-electron chi connectivity index (χ2n) is 6.90. The molecule has 1 atom stereocenters. The van der Waals surface area contributed by atoms with Gasteiger partial charge in [0.1, 0.15) is 10.8 Å². The van der Waals surface area contributed by atoms with Crippen molar-refractivity contribution in [2.75, 3.05) is 23.9 Å². The summed E-state index contributed by atoms with van der Waals surface area (Å²) in [5.74, 6) is -0.0388. The zero-order chi connectivity index (χ0) is 21.1. The summed E-state index contributed by atoms with van der Waals surface area (Å²) in [6, 6.07) is 14.7. The molecule has 0 bridgehead atoms. The van der Waals surface area contributed by atoms with Crippen LogP contribution in [0, 0.1) is 5.92 Å². The number of nitrogens with zero attached hydrogens (tertiary/aromatic N) is 3. The van der Waals surface area contributed by atoms with Crippen LogP contribution < -0.4 is 15.0 Å². The van der Waals surface area contributed by atoms with Crippen molar-refractivity contribution in [3.8, 4) is 5.75 Å². The van der Waals surface area contributed by atoms with Gasteiger partial charge in [-0.1, -0.05) is 35.1 Å². The number of benzene rings is 2. The Balaban J connectivity index is 1.36. The third-order valence-electron chi connectivity index (χ3n) is 4.85. The molecular weight excluding hydrogens is 424 g/mol. The normalized spacial score (nSPS) is 16.0. The van der Waals surface area contributed by atoms with Crippen molar-refractivity contribution < 1.29 is 14.3 Å². The molecule has 0 aliphatic carbocycles. The maximum absolute atomic E-state index is 12.7. The molecule has 1 saturated heterocycles. The van der Waals surface area contributed by atoms with Gasteiger partial charge in [0.05, 0.1) is 13.0 Å². The van der Waals surface area contributed by atoms with Gasteiger partial charge in [-0.05, 0) is 42.0 Å². The molecule has 1 aromatic heterocycles. The first kappa shape index (κ1) is 20.3. The van der Waals surface area contributed by atoms with E-state index in [4.69, 9.17) is 16.3 Å². The first-order valence-electron chi connectivity index (χ1n) is 9.34. The minimum absolute atomic E-state index is 0.0824. The molecule has 0 unspecified atom stereocenters. The van der Waals surface area contributed by atoms with Gasteiger partial charge in [-0.2, -0.15) is 0 Å². The van der Waals surface area contributed by atoms with Crippen molar-refractivity contribution >= 4 is 45.6 Å². The van der Waals surface area contributed by atoms with Crippen LogP contribution >= 0.6 is 22.9 Å². The molecule has 4 rings (SSSR count). The first-order chi connectivity index (χ1) is 14.5. The SMILES string of the molecule is COc1ccc(N2C[C@H](C(=O)Nc3nnc(Cc4ccc(Cl)cc4)s3)CC2=O)cc1. The predicted molar refractivity (Wildman–Crippen MR) is 116 cm³/mol. The van der Waals surface area contributed by atoms with Crippen molar-refractivity contribution in [1.82, 2.24) is 10.2 Å². The number of carbonyl (C=O) groups excluding carboxylic acids is 2. The summed E-state index contributed by atoms with van der Waals surface area (Å²) in [6.45, 7) is 0.327. The lowest BCUT2D eigenvalue weighted by atomic mass is 10.1. The summed E-state index contributed by atoms with van der Waals surface area (Å²) in [6.07, 6.45) is 0.770. The molecule has 30 heavy (non-hydrogen) atoms. The second-order valence-corrected chi connectivity index (χ2v) is 8.40. The third-order valence-corrected chi connectivity index (χ3v) is 5.94. The highest BCUT2D eigenvalue weighted by Gasteiger charge is 2.35. The fraction of sp³-hybridized carbons (Fsp3) is 0.238. The van der Waals surface area contributed by atoms with Crippen molar-refractivity contribution in [2.24, 2.45) is 5.92 Å². The summed E-state index contributed by atoms with van der Waals surface area (Å²) in [4.78, 5) is 26.7.